The molecule has 3 rings (SSSR count). The number of carbonyl (C=O) groups excluding carboxylic acids is 2. The van der Waals surface area contributed by atoms with Gasteiger partial charge in [0.15, 0.2) is 0 Å². The van der Waals surface area contributed by atoms with Crippen LogP contribution in [0.1, 0.15) is 38.5 Å². The fraction of sp³-hybridized carbons (Fsp3) is 0.600. The van der Waals surface area contributed by atoms with Crippen molar-refractivity contribution in [3.63, 3.8) is 0 Å². The first-order valence-corrected chi connectivity index (χ1v) is 9.52. The number of hydrogen-bond donors (Lipinski definition) is 1. The van der Waals surface area contributed by atoms with Crippen LogP contribution in [0.4, 0.5) is 4.39 Å². The third-order valence-electron chi connectivity index (χ3n) is 5.25. The topological polar surface area (TPSA) is 58.6 Å². The number of rotatable bonds is 7. The normalized spacial score (nSPS) is 23.2. The smallest absolute Gasteiger partial charge is 0.226 e. The number of amides is 2. The van der Waals surface area contributed by atoms with Crippen molar-refractivity contribution in [1.82, 2.24) is 10.2 Å². The average Bonchev–Trinajstić information content (AvgIpc) is 3.30. The van der Waals surface area contributed by atoms with Gasteiger partial charge in [-0.2, -0.15) is 0 Å². The van der Waals surface area contributed by atoms with Crippen LogP contribution in [0, 0.1) is 5.92 Å². The maximum Gasteiger partial charge on any atom is 0.226 e. The monoisotopic (exact) mass is 362 g/mol. The molecule has 1 aliphatic heterocycles. The van der Waals surface area contributed by atoms with E-state index in [2.05, 4.69) is 5.32 Å². The molecule has 2 aliphatic rings. The van der Waals surface area contributed by atoms with E-state index in [4.69, 9.17) is 4.74 Å². The van der Waals surface area contributed by atoms with Gasteiger partial charge in [-0.3, -0.25) is 9.59 Å². The Morgan fingerprint density at radius 1 is 1.19 bits per heavy atom. The van der Waals surface area contributed by atoms with E-state index < -0.39 is 6.17 Å². The molecule has 142 valence electrons. The van der Waals surface area contributed by atoms with Gasteiger partial charge in [-0.05, 0) is 25.0 Å². The van der Waals surface area contributed by atoms with Gasteiger partial charge in [-0.15, -0.1) is 0 Å². The second-order valence-electron chi connectivity index (χ2n) is 7.17. The molecule has 0 aromatic heterocycles. The zero-order valence-electron chi connectivity index (χ0n) is 15.0. The zero-order valence-corrected chi connectivity index (χ0v) is 15.0. The minimum atomic E-state index is -1.03. The van der Waals surface area contributed by atoms with Crippen LogP contribution in [-0.2, 0) is 9.59 Å². The Kier molecular flexibility index (Phi) is 6.47. The highest BCUT2D eigenvalue weighted by Crippen LogP contribution is 2.25. The summed E-state index contributed by atoms with van der Waals surface area (Å²) in [5.74, 6) is 0.720. The molecular weight excluding hydrogens is 335 g/mol. The molecule has 1 aromatic rings. The highest BCUT2D eigenvalue weighted by molar-refractivity contribution is 5.79. The molecule has 26 heavy (non-hydrogen) atoms. The van der Waals surface area contributed by atoms with Gasteiger partial charge in [0.05, 0.1) is 25.6 Å². The molecule has 1 N–H and O–H groups in total. The molecule has 2 fully saturated rings. The van der Waals surface area contributed by atoms with Gasteiger partial charge in [0, 0.05) is 18.9 Å². The molecule has 1 aliphatic carbocycles. The van der Waals surface area contributed by atoms with Crippen LogP contribution < -0.4 is 10.1 Å². The molecule has 5 nitrogen and oxygen atoms in total. The molecule has 1 saturated carbocycles. The molecule has 0 spiro atoms. The third kappa shape index (κ3) is 4.96. The molecule has 0 bridgehead atoms. The summed E-state index contributed by atoms with van der Waals surface area (Å²) in [5.41, 5.74) is 0. The summed E-state index contributed by atoms with van der Waals surface area (Å²) in [4.78, 5) is 26.2. The highest BCUT2D eigenvalue weighted by Gasteiger charge is 2.35. The van der Waals surface area contributed by atoms with Crippen LogP contribution >= 0.6 is 0 Å². The number of ether oxygens (including phenoxy) is 1. The number of benzene rings is 1. The van der Waals surface area contributed by atoms with E-state index in [1.165, 1.54) is 0 Å². The highest BCUT2D eigenvalue weighted by atomic mass is 19.1. The molecule has 1 saturated heterocycles. The van der Waals surface area contributed by atoms with Crippen LogP contribution in [0.5, 0.6) is 5.75 Å². The number of hydrogen-bond acceptors (Lipinski definition) is 3. The third-order valence-corrected chi connectivity index (χ3v) is 5.25. The summed E-state index contributed by atoms with van der Waals surface area (Å²) in [5, 5.41) is 2.92. The van der Waals surface area contributed by atoms with Crippen LogP contribution in [0.25, 0.3) is 0 Å². The van der Waals surface area contributed by atoms with E-state index in [0.29, 0.717) is 12.3 Å². The quantitative estimate of drug-likeness (QED) is 0.811. The number of carbonyl (C=O) groups is 2. The van der Waals surface area contributed by atoms with E-state index in [-0.39, 0.29) is 49.8 Å². The van der Waals surface area contributed by atoms with Gasteiger partial charge in [0.1, 0.15) is 11.9 Å². The first-order chi connectivity index (χ1) is 12.6. The SMILES string of the molecule is O=C(NC[C@@H]1C[C@H](F)CN1C(=O)CCOc1ccccc1)C1CCCC1. The number of nitrogens with one attached hydrogen (secondary N) is 1. The molecule has 0 unspecified atom stereocenters. The molecule has 1 aromatic carbocycles. The Morgan fingerprint density at radius 3 is 2.65 bits per heavy atom. The zero-order chi connectivity index (χ0) is 18.4. The lowest BCUT2D eigenvalue weighted by Gasteiger charge is -2.25. The Bertz CT molecular complexity index is 604. The lowest BCUT2D eigenvalue weighted by molar-refractivity contribution is -0.133. The van der Waals surface area contributed by atoms with Gasteiger partial charge in [-0.25, -0.2) is 4.39 Å². The minimum Gasteiger partial charge on any atom is -0.493 e. The number of halogens is 1. The van der Waals surface area contributed by atoms with Gasteiger partial charge in [-0.1, -0.05) is 31.0 Å². The van der Waals surface area contributed by atoms with Crippen LogP contribution in [-0.4, -0.2) is 48.6 Å². The lowest BCUT2D eigenvalue weighted by Crippen LogP contribution is -2.44. The van der Waals surface area contributed by atoms with Crippen LogP contribution in [0.3, 0.4) is 0 Å². The van der Waals surface area contributed by atoms with Crippen molar-refractivity contribution in [3.8, 4) is 5.75 Å². The van der Waals surface area contributed by atoms with Crippen molar-refractivity contribution in [2.24, 2.45) is 5.92 Å². The molecule has 1 heterocycles. The van der Waals surface area contributed by atoms with E-state index >= 15 is 0 Å². The Morgan fingerprint density at radius 2 is 1.92 bits per heavy atom. The average molecular weight is 362 g/mol. The van der Waals surface area contributed by atoms with Gasteiger partial charge in [0.2, 0.25) is 11.8 Å². The Balaban J connectivity index is 1.45. The number of nitrogens with zero attached hydrogens (tertiary/aromatic N) is 1. The second kappa shape index (κ2) is 9.01. The fourth-order valence-electron chi connectivity index (χ4n) is 3.83. The molecule has 2 amide bonds. The largest absolute Gasteiger partial charge is 0.493 e. The summed E-state index contributed by atoms with van der Waals surface area (Å²) in [6.07, 6.45) is 3.52. The van der Waals surface area contributed by atoms with Crippen LogP contribution in [0.15, 0.2) is 30.3 Å². The van der Waals surface area contributed by atoms with Crippen molar-refractivity contribution in [3.05, 3.63) is 30.3 Å². The predicted octanol–water partition coefficient (Wildman–Crippen LogP) is 2.70. The Labute approximate surface area is 153 Å². The van der Waals surface area contributed by atoms with Crippen molar-refractivity contribution < 1.29 is 18.7 Å². The standard InChI is InChI=1S/C20H27FN2O3/c21-16-12-17(13-22-20(25)15-6-4-5-7-15)23(14-16)19(24)10-11-26-18-8-2-1-3-9-18/h1-3,8-9,15-17H,4-7,10-14H2,(H,22,25)/t16-,17-/m0/s1. The molecule has 2 atom stereocenters. The van der Waals surface area contributed by atoms with Gasteiger partial charge < -0.3 is 15.0 Å². The molecule has 6 heteroatoms. The first-order valence-electron chi connectivity index (χ1n) is 9.52. The minimum absolute atomic E-state index is 0.0459. The van der Waals surface area contributed by atoms with Crippen molar-refractivity contribution in [1.29, 1.82) is 0 Å². The molecule has 0 radical (unpaired) electrons. The summed E-state index contributed by atoms with van der Waals surface area (Å²) in [6, 6.07) is 9.04. The number of alkyl halides is 1. The lowest BCUT2D eigenvalue weighted by atomic mass is 10.1. The Hall–Kier alpha value is -2.11. The maximum atomic E-state index is 13.9. The van der Waals surface area contributed by atoms with E-state index in [1.54, 1.807) is 4.90 Å². The number of para-hydroxylation sites is 1. The van der Waals surface area contributed by atoms with Gasteiger partial charge in [0.25, 0.3) is 0 Å². The first kappa shape index (κ1) is 18.7. The summed E-state index contributed by atoms with van der Waals surface area (Å²) < 4.78 is 19.4. The van der Waals surface area contributed by atoms with E-state index in [9.17, 15) is 14.0 Å². The fourth-order valence-corrected chi connectivity index (χ4v) is 3.83. The van der Waals surface area contributed by atoms with E-state index in [0.717, 1.165) is 25.7 Å². The summed E-state index contributed by atoms with van der Waals surface area (Å²) in [6.45, 7) is 0.701. The van der Waals surface area contributed by atoms with Crippen molar-refractivity contribution >= 4 is 11.8 Å². The van der Waals surface area contributed by atoms with Crippen molar-refractivity contribution in [2.75, 3.05) is 19.7 Å². The summed E-state index contributed by atoms with van der Waals surface area (Å²) in [7, 11) is 0. The summed E-state index contributed by atoms with van der Waals surface area (Å²) >= 11 is 0. The number of likely N-dealkylation sites (tertiary alicyclic amines) is 1. The van der Waals surface area contributed by atoms with Crippen molar-refractivity contribution in [2.45, 2.75) is 50.7 Å². The van der Waals surface area contributed by atoms with Crippen LogP contribution in [0.2, 0.25) is 0 Å². The predicted molar refractivity (Wildman–Crippen MR) is 96.5 cm³/mol. The van der Waals surface area contributed by atoms with Gasteiger partial charge >= 0.3 is 0 Å². The second-order valence-corrected chi connectivity index (χ2v) is 7.17. The van der Waals surface area contributed by atoms with E-state index in [1.807, 2.05) is 30.3 Å². The molecular formula is C20H27FN2O3. The maximum absolute atomic E-state index is 13.9.